The molecule has 0 atom stereocenters. The van der Waals surface area contributed by atoms with E-state index in [0.29, 0.717) is 4.32 Å². The summed E-state index contributed by atoms with van der Waals surface area (Å²) < 4.78 is 1.99. The zero-order valence-electron chi connectivity index (χ0n) is 8.02. The molecule has 0 amide bonds. The summed E-state index contributed by atoms with van der Waals surface area (Å²) in [6, 6.07) is 7.91. The van der Waals surface area contributed by atoms with Gasteiger partial charge in [-0.3, -0.25) is 4.68 Å². The van der Waals surface area contributed by atoms with E-state index in [4.69, 9.17) is 24.8 Å². The third-order valence-corrected chi connectivity index (χ3v) is 2.29. The van der Waals surface area contributed by atoms with Gasteiger partial charge in [0.1, 0.15) is 0 Å². The molecule has 0 aliphatic heterocycles. The van der Waals surface area contributed by atoms with Gasteiger partial charge in [0.2, 0.25) is 0 Å². The zero-order valence-corrected chi connectivity index (χ0v) is 12.8. The Morgan fingerprint density at radius 2 is 2.07 bits per heavy atom. The van der Waals surface area contributed by atoms with Gasteiger partial charge in [-0.2, -0.15) is 5.10 Å². The maximum Gasteiger partial charge on any atom is 1.00 e. The van der Waals surface area contributed by atoms with Crippen LogP contribution in [0.4, 0.5) is 0 Å². The minimum absolute atomic E-state index is 0. The van der Waals surface area contributed by atoms with E-state index in [0.717, 1.165) is 16.6 Å². The first-order chi connectivity index (χ1) is 6.20. The molecule has 1 aromatic carbocycles. The predicted molar refractivity (Wildman–Crippen MR) is 59.8 cm³/mol. The van der Waals surface area contributed by atoms with Crippen LogP contribution >= 0.6 is 12.2 Å². The van der Waals surface area contributed by atoms with Crippen LogP contribution in [0.15, 0.2) is 24.3 Å². The summed E-state index contributed by atoms with van der Waals surface area (Å²) in [6.45, 7) is 1.95. The third-order valence-electron chi connectivity index (χ3n) is 1.94. The van der Waals surface area contributed by atoms with Gasteiger partial charge >= 0.3 is 51.4 Å². The summed E-state index contributed by atoms with van der Waals surface area (Å²) >= 11 is 9.84. The van der Waals surface area contributed by atoms with E-state index in [1.807, 2.05) is 31.2 Å². The van der Waals surface area contributed by atoms with Crippen molar-refractivity contribution in [1.29, 1.82) is 0 Å². The van der Waals surface area contributed by atoms with Crippen LogP contribution in [0.3, 0.4) is 0 Å². The first kappa shape index (κ1) is 12.7. The van der Waals surface area contributed by atoms with Crippen LogP contribution in [0.1, 0.15) is 5.69 Å². The van der Waals surface area contributed by atoms with Crippen LogP contribution in [-0.4, -0.2) is 14.1 Å². The largest absolute Gasteiger partial charge is 1.00 e. The summed E-state index contributed by atoms with van der Waals surface area (Å²) in [5, 5.41) is 5.37. The molecule has 0 N–H and O–H groups in total. The van der Waals surface area contributed by atoms with Crippen LogP contribution < -0.4 is 51.4 Å². The van der Waals surface area contributed by atoms with Gasteiger partial charge in [0.05, 0.1) is 11.2 Å². The summed E-state index contributed by atoms with van der Waals surface area (Å²) in [6.07, 6.45) is 0. The number of hydrogen-bond donors (Lipinski definition) is 0. The summed E-state index contributed by atoms with van der Waals surface area (Å²) in [4.78, 5) is 0. The van der Waals surface area contributed by atoms with Gasteiger partial charge < -0.3 is 24.8 Å². The molecular formula is C9H7KN2S2. The number of aryl methyl sites for hydroxylation is 1. The smallest absolute Gasteiger partial charge is 0.409 e. The summed E-state index contributed by atoms with van der Waals surface area (Å²) in [7, 11) is 0. The van der Waals surface area contributed by atoms with Crippen molar-refractivity contribution in [3.8, 4) is 0 Å². The Bertz CT molecular complexity index is 479. The number of thiocarbonyl (C=S) groups is 1. The molecule has 2 nitrogen and oxygen atoms in total. The number of benzene rings is 1. The fourth-order valence-corrected chi connectivity index (χ4v) is 1.64. The minimum Gasteiger partial charge on any atom is -0.409 e. The number of rotatable bonds is 0. The molecule has 0 radical (unpaired) electrons. The molecule has 2 rings (SSSR count). The Balaban J connectivity index is 0.000000980. The minimum atomic E-state index is 0. The molecule has 5 heteroatoms. The van der Waals surface area contributed by atoms with Crippen molar-refractivity contribution in [2.45, 2.75) is 6.92 Å². The molecule has 1 heterocycles. The molecule has 66 valence electrons. The number of hydrogen-bond acceptors (Lipinski definition) is 3. The van der Waals surface area contributed by atoms with E-state index in [9.17, 15) is 0 Å². The van der Waals surface area contributed by atoms with Crippen LogP contribution in [0, 0.1) is 6.92 Å². The predicted octanol–water partition coefficient (Wildman–Crippen LogP) is -0.971. The Labute approximate surface area is 136 Å². The quantitative estimate of drug-likeness (QED) is 0.338. The van der Waals surface area contributed by atoms with Gasteiger partial charge in [0.25, 0.3) is 0 Å². The van der Waals surface area contributed by atoms with Crippen LogP contribution in [0.25, 0.3) is 10.9 Å². The van der Waals surface area contributed by atoms with Crippen molar-refractivity contribution in [1.82, 2.24) is 9.78 Å². The maximum absolute atomic E-state index is 4.92. The Kier molecular flexibility index (Phi) is 4.64. The second kappa shape index (κ2) is 5.11. The normalized spacial score (nSPS) is 9.79. The van der Waals surface area contributed by atoms with Gasteiger partial charge in [-0.25, -0.2) is 0 Å². The Morgan fingerprint density at radius 3 is 2.71 bits per heavy atom. The van der Waals surface area contributed by atoms with Crippen LogP contribution in [-0.2, 0) is 12.6 Å². The number of nitrogens with zero attached hydrogens (tertiary/aromatic N) is 2. The van der Waals surface area contributed by atoms with Crippen LogP contribution in [0.2, 0.25) is 0 Å². The van der Waals surface area contributed by atoms with Gasteiger partial charge in [0, 0.05) is 5.39 Å². The van der Waals surface area contributed by atoms with E-state index >= 15 is 0 Å². The molecule has 0 saturated heterocycles. The summed E-state index contributed by atoms with van der Waals surface area (Å²) in [5.41, 5.74) is 1.95. The number of fused-ring (bicyclic) bond motifs is 1. The molecule has 0 aliphatic rings. The summed E-state index contributed by atoms with van der Waals surface area (Å²) in [5.74, 6) is 0. The van der Waals surface area contributed by atoms with E-state index in [2.05, 4.69) is 5.10 Å². The average molecular weight is 246 g/mol. The van der Waals surface area contributed by atoms with Crippen LogP contribution in [0.5, 0.6) is 0 Å². The molecule has 0 spiro atoms. The Morgan fingerprint density at radius 1 is 1.43 bits per heavy atom. The molecule has 0 saturated carbocycles. The van der Waals surface area contributed by atoms with E-state index in [1.165, 1.54) is 0 Å². The topological polar surface area (TPSA) is 17.8 Å². The molecule has 0 aliphatic carbocycles. The standard InChI is InChI=1S/C9H8N2S2.K/c1-6-7-4-2-3-5-8(7)11(10-6)9(12)13;/h2-5H,1H3,(H,12,13);/q;+1/p-1. The van der Waals surface area contributed by atoms with E-state index < -0.39 is 0 Å². The molecule has 0 bridgehead atoms. The first-order valence-corrected chi connectivity index (χ1v) is 4.67. The van der Waals surface area contributed by atoms with Gasteiger partial charge in [-0.1, -0.05) is 18.2 Å². The molecule has 0 fully saturated rings. The fourth-order valence-electron chi connectivity index (χ4n) is 1.36. The van der Waals surface area contributed by atoms with Crippen molar-refractivity contribution in [2.75, 3.05) is 0 Å². The monoisotopic (exact) mass is 246 g/mol. The first-order valence-electron chi connectivity index (χ1n) is 3.86. The Hall–Kier alpha value is 0.636. The second-order valence-electron chi connectivity index (χ2n) is 2.78. The SMILES string of the molecule is Cc1nn(C(=S)[S-])c2ccccc12.[K+]. The maximum atomic E-state index is 4.92. The second-order valence-corrected chi connectivity index (χ2v) is 3.81. The fraction of sp³-hybridized carbons (Fsp3) is 0.111. The van der Waals surface area contributed by atoms with E-state index in [-0.39, 0.29) is 51.4 Å². The van der Waals surface area contributed by atoms with Crippen molar-refractivity contribution in [3.63, 3.8) is 0 Å². The van der Waals surface area contributed by atoms with Crippen molar-refractivity contribution in [2.24, 2.45) is 0 Å². The van der Waals surface area contributed by atoms with Crippen molar-refractivity contribution >= 4 is 40.1 Å². The molecular weight excluding hydrogens is 239 g/mol. The van der Waals surface area contributed by atoms with Crippen molar-refractivity contribution < 1.29 is 51.4 Å². The zero-order chi connectivity index (χ0) is 9.42. The third kappa shape index (κ3) is 2.24. The van der Waals surface area contributed by atoms with Gasteiger partial charge in [-0.05, 0) is 17.3 Å². The number of para-hydroxylation sites is 1. The van der Waals surface area contributed by atoms with Gasteiger partial charge in [0.15, 0.2) is 0 Å². The molecule has 0 unspecified atom stereocenters. The average Bonchev–Trinajstić information content (AvgIpc) is 2.45. The van der Waals surface area contributed by atoms with Crippen molar-refractivity contribution in [3.05, 3.63) is 30.0 Å². The molecule has 1 aromatic heterocycles. The van der Waals surface area contributed by atoms with E-state index in [1.54, 1.807) is 4.68 Å². The molecule has 2 aromatic rings. The van der Waals surface area contributed by atoms with Gasteiger partial charge in [-0.15, -0.1) is 0 Å². The molecule has 14 heavy (non-hydrogen) atoms. The number of aromatic nitrogens is 2.